The molecule has 1 amide bonds. The molecule has 1 unspecified atom stereocenters. The molecular formula is C16H32N2O. The number of amides is 1. The molecule has 0 aromatic heterocycles. The normalized spacial score (nSPS) is 20.0. The lowest BCUT2D eigenvalue weighted by atomic mass is 10.0. The first-order valence-electron chi connectivity index (χ1n) is 8.03. The third kappa shape index (κ3) is 6.42. The SMILES string of the molecule is CC(C)CCN(CCC(C)C)C(=O)C1CCCCN1. The van der Waals surface area contributed by atoms with Gasteiger partial charge >= 0.3 is 0 Å². The van der Waals surface area contributed by atoms with Gasteiger partial charge in [0.15, 0.2) is 0 Å². The molecule has 3 heteroatoms. The van der Waals surface area contributed by atoms with E-state index >= 15 is 0 Å². The minimum absolute atomic E-state index is 0.0769. The highest BCUT2D eigenvalue weighted by atomic mass is 16.2. The van der Waals surface area contributed by atoms with E-state index in [-0.39, 0.29) is 6.04 Å². The molecule has 0 bridgehead atoms. The predicted molar refractivity (Wildman–Crippen MR) is 81.1 cm³/mol. The molecule has 0 radical (unpaired) electrons. The number of piperidine rings is 1. The third-order valence-electron chi connectivity index (χ3n) is 3.87. The summed E-state index contributed by atoms with van der Waals surface area (Å²) in [5, 5.41) is 3.38. The number of hydrogen-bond acceptors (Lipinski definition) is 2. The van der Waals surface area contributed by atoms with Crippen molar-refractivity contribution < 1.29 is 4.79 Å². The van der Waals surface area contributed by atoms with E-state index in [0.717, 1.165) is 38.9 Å². The van der Waals surface area contributed by atoms with Crippen LogP contribution in [0.1, 0.15) is 59.8 Å². The van der Waals surface area contributed by atoms with Crippen LogP contribution in [0.2, 0.25) is 0 Å². The van der Waals surface area contributed by atoms with E-state index in [1.807, 2.05) is 0 Å². The molecule has 0 spiro atoms. The largest absolute Gasteiger partial charge is 0.341 e. The molecule has 1 atom stereocenters. The summed E-state index contributed by atoms with van der Waals surface area (Å²) in [6.07, 6.45) is 5.62. The Balaban J connectivity index is 2.51. The molecule has 1 aliphatic heterocycles. The first-order chi connectivity index (χ1) is 9.00. The molecule has 19 heavy (non-hydrogen) atoms. The lowest BCUT2D eigenvalue weighted by Crippen LogP contribution is -2.49. The van der Waals surface area contributed by atoms with Gasteiger partial charge in [0.05, 0.1) is 6.04 Å². The molecule has 1 fully saturated rings. The molecule has 1 aliphatic rings. The van der Waals surface area contributed by atoms with Crippen LogP contribution in [0.25, 0.3) is 0 Å². The Morgan fingerprint density at radius 3 is 2.11 bits per heavy atom. The number of hydrogen-bond donors (Lipinski definition) is 1. The quantitative estimate of drug-likeness (QED) is 0.769. The van der Waals surface area contributed by atoms with Crippen LogP contribution < -0.4 is 5.32 Å². The van der Waals surface area contributed by atoms with Crippen molar-refractivity contribution >= 4 is 5.91 Å². The lowest BCUT2D eigenvalue weighted by Gasteiger charge is -2.31. The lowest BCUT2D eigenvalue weighted by molar-refractivity contribution is -0.134. The molecule has 1 N–H and O–H groups in total. The first kappa shape index (κ1) is 16.5. The fraction of sp³-hybridized carbons (Fsp3) is 0.938. The van der Waals surface area contributed by atoms with Gasteiger partial charge in [0.2, 0.25) is 5.91 Å². The number of carbonyl (C=O) groups is 1. The summed E-state index contributed by atoms with van der Waals surface area (Å²) in [5.74, 6) is 1.66. The second-order valence-electron chi connectivity index (χ2n) is 6.69. The summed E-state index contributed by atoms with van der Waals surface area (Å²) in [5.41, 5.74) is 0. The van der Waals surface area contributed by atoms with E-state index in [9.17, 15) is 4.79 Å². The summed E-state index contributed by atoms with van der Waals surface area (Å²) in [6.45, 7) is 11.7. The highest BCUT2D eigenvalue weighted by molar-refractivity contribution is 5.82. The smallest absolute Gasteiger partial charge is 0.239 e. The molecule has 1 saturated heterocycles. The van der Waals surface area contributed by atoms with Crippen LogP contribution in [0.5, 0.6) is 0 Å². The van der Waals surface area contributed by atoms with E-state index < -0.39 is 0 Å². The fourth-order valence-electron chi connectivity index (χ4n) is 2.44. The molecule has 3 nitrogen and oxygen atoms in total. The molecule has 1 rings (SSSR count). The van der Waals surface area contributed by atoms with Gasteiger partial charge in [-0.1, -0.05) is 34.1 Å². The van der Waals surface area contributed by atoms with Gasteiger partial charge in [0.1, 0.15) is 0 Å². The minimum atomic E-state index is 0.0769. The molecule has 0 aromatic rings. The van der Waals surface area contributed by atoms with Crippen LogP contribution in [-0.2, 0) is 4.79 Å². The summed E-state index contributed by atoms with van der Waals surface area (Å²) in [7, 11) is 0. The molecule has 0 aromatic carbocycles. The Morgan fingerprint density at radius 2 is 1.68 bits per heavy atom. The van der Waals surface area contributed by atoms with Gasteiger partial charge in [0, 0.05) is 13.1 Å². The summed E-state index contributed by atoms with van der Waals surface area (Å²) in [6, 6.07) is 0.0769. The predicted octanol–water partition coefficient (Wildman–Crippen LogP) is 3.05. The molecule has 0 saturated carbocycles. The Morgan fingerprint density at radius 1 is 1.11 bits per heavy atom. The fourth-order valence-corrected chi connectivity index (χ4v) is 2.44. The highest BCUT2D eigenvalue weighted by Crippen LogP contribution is 2.13. The maximum Gasteiger partial charge on any atom is 0.239 e. The van der Waals surface area contributed by atoms with Gasteiger partial charge in [0.25, 0.3) is 0 Å². The second-order valence-corrected chi connectivity index (χ2v) is 6.69. The van der Waals surface area contributed by atoms with Crippen LogP contribution in [0.4, 0.5) is 0 Å². The second kappa shape index (κ2) is 8.57. The van der Waals surface area contributed by atoms with Gasteiger partial charge in [-0.15, -0.1) is 0 Å². The first-order valence-corrected chi connectivity index (χ1v) is 8.03. The van der Waals surface area contributed by atoms with Crippen molar-refractivity contribution in [3.8, 4) is 0 Å². The van der Waals surface area contributed by atoms with Crippen molar-refractivity contribution in [2.45, 2.75) is 65.8 Å². The van der Waals surface area contributed by atoms with Crippen molar-refractivity contribution in [3.63, 3.8) is 0 Å². The van der Waals surface area contributed by atoms with E-state index in [0.29, 0.717) is 17.7 Å². The average molecular weight is 268 g/mol. The number of nitrogens with zero attached hydrogens (tertiary/aromatic N) is 1. The third-order valence-corrected chi connectivity index (χ3v) is 3.87. The zero-order chi connectivity index (χ0) is 14.3. The molecule has 1 heterocycles. The number of rotatable bonds is 7. The summed E-state index contributed by atoms with van der Waals surface area (Å²) in [4.78, 5) is 14.7. The average Bonchev–Trinajstić information content (AvgIpc) is 2.38. The van der Waals surface area contributed by atoms with Crippen molar-refractivity contribution in [2.24, 2.45) is 11.8 Å². The molecule has 112 valence electrons. The Labute approximate surface area is 119 Å². The highest BCUT2D eigenvalue weighted by Gasteiger charge is 2.25. The van der Waals surface area contributed by atoms with E-state index in [4.69, 9.17) is 0 Å². The van der Waals surface area contributed by atoms with E-state index in [1.54, 1.807) is 0 Å². The Bertz CT molecular complexity index is 245. The van der Waals surface area contributed by atoms with Gasteiger partial charge in [-0.05, 0) is 44.1 Å². The van der Waals surface area contributed by atoms with Crippen LogP contribution in [0.3, 0.4) is 0 Å². The summed E-state index contributed by atoms with van der Waals surface area (Å²) < 4.78 is 0. The zero-order valence-corrected chi connectivity index (χ0v) is 13.2. The van der Waals surface area contributed by atoms with Crippen molar-refractivity contribution in [1.82, 2.24) is 10.2 Å². The van der Waals surface area contributed by atoms with Gasteiger partial charge in [-0.3, -0.25) is 4.79 Å². The van der Waals surface area contributed by atoms with E-state index in [2.05, 4.69) is 37.9 Å². The van der Waals surface area contributed by atoms with Crippen LogP contribution in [0.15, 0.2) is 0 Å². The monoisotopic (exact) mass is 268 g/mol. The number of nitrogens with one attached hydrogen (secondary N) is 1. The van der Waals surface area contributed by atoms with Crippen LogP contribution >= 0.6 is 0 Å². The molecular weight excluding hydrogens is 236 g/mol. The van der Waals surface area contributed by atoms with Crippen LogP contribution in [-0.4, -0.2) is 36.5 Å². The maximum atomic E-state index is 12.6. The number of carbonyl (C=O) groups excluding carboxylic acids is 1. The zero-order valence-electron chi connectivity index (χ0n) is 13.2. The summed E-state index contributed by atoms with van der Waals surface area (Å²) >= 11 is 0. The van der Waals surface area contributed by atoms with Gasteiger partial charge in [-0.25, -0.2) is 0 Å². The van der Waals surface area contributed by atoms with Crippen molar-refractivity contribution in [3.05, 3.63) is 0 Å². The minimum Gasteiger partial charge on any atom is -0.341 e. The molecule has 0 aliphatic carbocycles. The van der Waals surface area contributed by atoms with Crippen molar-refractivity contribution in [1.29, 1.82) is 0 Å². The standard InChI is InChI=1S/C16H32N2O/c1-13(2)8-11-18(12-9-14(3)4)16(19)15-7-5-6-10-17-15/h13-15,17H,5-12H2,1-4H3. The Kier molecular flexibility index (Phi) is 7.44. The Hall–Kier alpha value is -0.570. The van der Waals surface area contributed by atoms with Crippen molar-refractivity contribution in [2.75, 3.05) is 19.6 Å². The van der Waals surface area contributed by atoms with Gasteiger partial charge in [-0.2, -0.15) is 0 Å². The maximum absolute atomic E-state index is 12.6. The van der Waals surface area contributed by atoms with Crippen LogP contribution in [0, 0.1) is 11.8 Å². The van der Waals surface area contributed by atoms with E-state index in [1.165, 1.54) is 12.8 Å². The topological polar surface area (TPSA) is 32.3 Å². The van der Waals surface area contributed by atoms with Gasteiger partial charge < -0.3 is 10.2 Å².